The Kier molecular flexibility index (Phi) is 4.90. The maximum absolute atomic E-state index is 12.2. The third-order valence-corrected chi connectivity index (χ3v) is 5.47. The van der Waals surface area contributed by atoms with Crippen LogP contribution >= 0.6 is 0 Å². The van der Waals surface area contributed by atoms with E-state index in [0.717, 1.165) is 25.9 Å². The average Bonchev–Trinajstić information content (AvgIpc) is 3.25. The molecule has 0 bridgehead atoms. The molecule has 0 amide bonds. The highest BCUT2D eigenvalue weighted by Crippen LogP contribution is 2.45. The minimum Gasteiger partial charge on any atom is -0.308 e. The summed E-state index contributed by atoms with van der Waals surface area (Å²) in [5.74, 6) is 0.600. The molecule has 1 heterocycles. The topological polar surface area (TPSA) is 24.5 Å². The average molecular weight is 308 g/mol. The molecule has 2 fully saturated rings. The first kappa shape index (κ1) is 17.0. The molecule has 1 saturated carbocycles. The molecule has 1 unspecified atom stereocenters. The molecule has 2 aliphatic rings. The third-order valence-electron chi connectivity index (χ3n) is 5.47. The molecule has 3 nitrogen and oxygen atoms in total. The van der Waals surface area contributed by atoms with Crippen LogP contribution in [0.4, 0.5) is 13.2 Å². The lowest BCUT2D eigenvalue weighted by Crippen LogP contribution is -2.70. The van der Waals surface area contributed by atoms with Crippen molar-refractivity contribution in [2.45, 2.75) is 63.9 Å². The molecule has 0 aromatic rings. The Labute approximate surface area is 125 Å². The Morgan fingerprint density at radius 1 is 1.24 bits per heavy atom. The number of piperazine rings is 1. The van der Waals surface area contributed by atoms with Gasteiger partial charge in [0.15, 0.2) is 0 Å². The first-order valence-electron chi connectivity index (χ1n) is 7.95. The number of halogens is 3. The van der Waals surface area contributed by atoms with E-state index in [1.165, 1.54) is 12.8 Å². The Bertz CT molecular complexity index is 353. The highest BCUT2D eigenvalue weighted by molar-refractivity contribution is 5.08. The van der Waals surface area contributed by atoms with E-state index in [1.807, 2.05) is 0 Å². The Morgan fingerprint density at radius 2 is 1.86 bits per heavy atom. The van der Waals surface area contributed by atoms with E-state index >= 15 is 0 Å². The fraction of sp³-hybridized carbons (Fsp3) is 1.00. The van der Waals surface area contributed by atoms with Gasteiger partial charge in [-0.3, -0.25) is 9.64 Å². The quantitative estimate of drug-likeness (QED) is 0.816. The lowest BCUT2D eigenvalue weighted by Gasteiger charge is -2.53. The van der Waals surface area contributed by atoms with Crippen LogP contribution in [0.3, 0.4) is 0 Å². The van der Waals surface area contributed by atoms with E-state index in [-0.39, 0.29) is 17.7 Å². The van der Waals surface area contributed by atoms with E-state index in [1.54, 1.807) is 0 Å². The van der Waals surface area contributed by atoms with Gasteiger partial charge in [0.2, 0.25) is 0 Å². The number of hydrogen-bond donors (Lipinski definition) is 1. The molecule has 6 heteroatoms. The lowest BCUT2D eigenvalue weighted by atomic mass is 9.82. The fourth-order valence-corrected chi connectivity index (χ4v) is 3.52. The van der Waals surface area contributed by atoms with Crippen LogP contribution in [0.15, 0.2) is 0 Å². The summed E-state index contributed by atoms with van der Waals surface area (Å²) in [5.41, 5.74) is -0.0184. The monoisotopic (exact) mass is 308 g/mol. The zero-order valence-corrected chi connectivity index (χ0v) is 13.2. The van der Waals surface area contributed by atoms with E-state index in [2.05, 4.69) is 35.7 Å². The summed E-state index contributed by atoms with van der Waals surface area (Å²) in [4.78, 5) is 2.24. The van der Waals surface area contributed by atoms with Gasteiger partial charge in [0.1, 0.15) is 0 Å². The van der Waals surface area contributed by atoms with Crippen molar-refractivity contribution < 1.29 is 17.9 Å². The SMILES string of the molecule is CCC1(CC)CN(CCOC(F)(F)F)C(C)(C2CC2)CN1. The highest BCUT2D eigenvalue weighted by atomic mass is 19.4. The summed E-state index contributed by atoms with van der Waals surface area (Å²) in [5, 5.41) is 3.68. The maximum Gasteiger partial charge on any atom is 0.522 e. The minimum atomic E-state index is -4.53. The zero-order valence-electron chi connectivity index (χ0n) is 13.2. The second-order valence-corrected chi connectivity index (χ2v) is 6.69. The van der Waals surface area contributed by atoms with Crippen molar-refractivity contribution in [3.63, 3.8) is 0 Å². The molecule has 0 spiro atoms. The van der Waals surface area contributed by atoms with Gasteiger partial charge in [-0.25, -0.2) is 0 Å². The van der Waals surface area contributed by atoms with Crippen molar-refractivity contribution >= 4 is 0 Å². The molecule has 1 aliphatic heterocycles. The van der Waals surface area contributed by atoms with Crippen LogP contribution in [-0.2, 0) is 4.74 Å². The number of nitrogens with one attached hydrogen (secondary N) is 1. The Balaban J connectivity index is 2.03. The molecule has 0 aromatic carbocycles. The molecule has 1 saturated heterocycles. The van der Waals surface area contributed by atoms with E-state index in [0.29, 0.717) is 12.5 Å². The van der Waals surface area contributed by atoms with Crippen molar-refractivity contribution in [2.24, 2.45) is 5.92 Å². The number of hydrogen-bond acceptors (Lipinski definition) is 3. The van der Waals surface area contributed by atoms with Crippen LogP contribution < -0.4 is 5.32 Å². The highest BCUT2D eigenvalue weighted by Gasteiger charge is 2.51. The van der Waals surface area contributed by atoms with E-state index in [9.17, 15) is 13.2 Å². The van der Waals surface area contributed by atoms with Crippen LogP contribution in [0.25, 0.3) is 0 Å². The lowest BCUT2D eigenvalue weighted by molar-refractivity contribution is -0.325. The summed E-state index contributed by atoms with van der Waals surface area (Å²) >= 11 is 0. The standard InChI is InChI=1S/C15H27F3N2O/c1-4-14(5-2)11-20(8-9-21-15(16,17)18)13(3,10-19-14)12-6-7-12/h12,19H,4-11H2,1-3H3. The smallest absolute Gasteiger partial charge is 0.308 e. The van der Waals surface area contributed by atoms with Gasteiger partial charge in [-0.05, 0) is 38.5 Å². The summed E-state index contributed by atoms with van der Waals surface area (Å²) < 4.78 is 40.6. The van der Waals surface area contributed by atoms with Crippen molar-refractivity contribution in [1.29, 1.82) is 0 Å². The second kappa shape index (κ2) is 6.05. The summed E-state index contributed by atoms with van der Waals surface area (Å²) in [6.45, 7) is 8.17. The molecule has 1 atom stereocenters. The van der Waals surface area contributed by atoms with Crippen LogP contribution in [0.2, 0.25) is 0 Å². The number of nitrogens with zero attached hydrogens (tertiary/aromatic N) is 1. The molecular formula is C15H27F3N2O. The van der Waals surface area contributed by atoms with Gasteiger partial charge >= 0.3 is 6.36 Å². The van der Waals surface area contributed by atoms with Crippen LogP contribution in [-0.4, -0.2) is 48.6 Å². The van der Waals surface area contributed by atoms with Gasteiger partial charge in [-0.2, -0.15) is 0 Å². The third kappa shape index (κ3) is 3.90. The second-order valence-electron chi connectivity index (χ2n) is 6.69. The molecule has 1 aliphatic carbocycles. The number of rotatable bonds is 6. The van der Waals surface area contributed by atoms with Gasteiger partial charge in [0, 0.05) is 30.7 Å². The van der Waals surface area contributed by atoms with Crippen LogP contribution in [0.5, 0.6) is 0 Å². The predicted octanol–water partition coefficient (Wildman–Crippen LogP) is 3.16. The van der Waals surface area contributed by atoms with Gasteiger partial charge in [0.25, 0.3) is 0 Å². The summed E-state index contributed by atoms with van der Waals surface area (Å²) in [6.07, 6.45) is -0.196. The molecule has 2 rings (SSSR count). The Morgan fingerprint density at radius 3 is 2.33 bits per heavy atom. The van der Waals surface area contributed by atoms with E-state index in [4.69, 9.17) is 0 Å². The number of ether oxygens (including phenoxy) is 1. The maximum atomic E-state index is 12.2. The summed E-state index contributed by atoms with van der Waals surface area (Å²) in [7, 11) is 0. The van der Waals surface area contributed by atoms with Crippen molar-refractivity contribution in [1.82, 2.24) is 10.2 Å². The fourth-order valence-electron chi connectivity index (χ4n) is 3.52. The number of alkyl halides is 3. The van der Waals surface area contributed by atoms with Crippen LogP contribution in [0.1, 0.15) is 46.5 Å². The van der Waals surface area contributed by atoms with Gasteiger partial charge in [0.05, 0.1) is 6.61 Å². The molecule has 0 aromatic heterocycles. The molecule has 1 N–H and O–H groups in total. The minimum absolute atomic E-state index is 0.0205. The summed E-state index contributed by atoms with van der Waals surface area (Å²) in [6, 6.07) is 0. The Hall–Kier alpha value is -0.330. The van der Waals surface area contributed by atoms with Crippen molar-refractivity contribution in [3.05, 3.63) is 0 Å². The van der Waals surface area contributed by atoms with Gasteiger partial charge in [-0.15, -0.1) is 13.2 Å². The zero-order chi connectivity index (χ0) is 15.7. The van der Waals surface area contributed by atoms with Crippen molar-refractivity contribution in [2.75, 3.05) is 26.2 Å². The first-order chi connectivity index (χ1) is 9.75. The van der Waals surface area contributed by atoms with Crippen molar-refractivity contribution in [3.8, 4) is 0 Å². The molecule has 21 heavy (non-hydrogen) atoms. The normalized spacial score (nSPS) is 30.6. The molecular weight excluding hydrogens is 281 g/mol. The van der Waals surface area contributed by atoms with Gasteiger partial charge in [-0.1, -0.05) is 13.8 Å². The van der Waals surface area contributed by atoms with E-state index < -0.39 is 6.36 Å². The van der Waals surface area contributed by atoms with Gasteiger partial charge < -0.3 is 5.32 Å². The molecule has 0 radical (unpaired) electrons. The predicted molar refractivity (Wildman–Crippen MR) is 76.0 cm³/mol. The largest absolute Gasteiger partial charge is 0.522 e. The first-order valence-corrected chi connectivity index (χ1v) is 7.95. The molecule has 124 valence electrons. The van der Waals surface area contributed by atoms with Crippen LogP contribution in [0, 0.1) is 5.92 Å².